The molecule has 16 heavy (non-hydrogen) atoms. The number of methoxy groups -OCH3 is 1. The summed E-state index contributed by atoms with van der Waals surface area (Å²) in [5, 5.41) is 3.21. The zero-order valence-electron chi connectivity index (χ0n) is 10.7. The summed E-state index contributed by atoms with van der Waals surface area (Å²) in [4.78, 5) is 15.9. The van der Waals surface area contributed by atoms with Crippen molar-refractivity contribution in [2.24, 2.45) is 0 Å². The Morgan fingerprint density at radius 1 is 1.50 bits per heavy atom. The van der Waals surface area contributed by atoms with Crippen molar-refractivity contribution < 1.29 is 9.53 Å². The van der Waals surface area contributed by atoms with Crippen molar-refractivity contribution in [3.63, 3.8) is 0 Å². The Morgan fingerprint density at radius 3 is 2.81 bits per heavy atom. The van der Waals surface area contributed by atoms with Gasteiger partial charge in [0.25, 0.3) is 0 Å². The molecule has 0 spiro atoms. The first-order chi connectivity index (χ1) is 7.54. The maximum Gasteiger partial charge on any atom is 0.322 e. The number of carbonyl (C=O) groups is 1. The highest BCUT2D eigenvalue weighted by atomic mass is 16.5. The van der Waals surface area contributed by atoms with E-state index >= 15 is 0 Å². The number of carbonyl (C=O) groups excluding carboxylic acids is 1. The van der Waals surface area contributed by atoms with E-state index in [0.29, 0.717) is 6.04 Å². The highest BCUT2D eigenvalue weighted by Crippen LogP contribution is 2.05. The third-order valence-electron chi connectivity index (χ3n) is 3.19. The van der Waals surface area contributed by atoms with Gasteiger partial charge in [0, 0.05) is 32.2 Å². The van der Waals surface area contributed by atoms with Gasteiger partial charge in [0.2, 0.25) is 0 Å². The second-order valence-electron chi connectivity index (χ2n) is 4.55. The van der Waals surface area contributed by atoms with Gasteiger partial charge in [0.1, 0.15) is 6.04 Å². The van der Waals surface area contributed by atoms with Gasteiger partial charge in [0.15, 0.2) is 0 Å². The molecule has 5 heteroatoms. The Balaban J connectivity index is 2.33. The molecule has 0 saturated carbocycles. The molecule has 0 aromatic rings. The summed E-state index contributed by atoms with van der Waals surface area (Å²) in [6.07, 6.45) is 0. The lowest BCUT2D eigenvalue weighted by Crippen LogP contribution is -2.55. The number of piperazine rings is 1. The van der Waals surface area contributed by atoms with E-state index in [1.54, 1.807) is 0 Å². The summed E-state index contributed by atoms with van der Waals surface area (Å²) in [6.45, 7) is 5.88. The fraction of sp³-hybridized carbons (Fsp3) is 0.909. The van der Waals surface area contributed by atoms with Crippen LogP contribution in [0.2, 0.25) is 0 Å². The summed E-state index contributed by atoms with van der Waals surface area (Å²) < 4.78 is 4.67. The first-order valence-electron chi connectivity index (χ1n) is 5.74. The predicted molar refractivity (Wildman–Crippen MR) is 63.4 cm³/mol. The van der Waals surface area contributed by atoms with Crippen LogP contribution in [0.25, 0.3) is 0 Å². The van der Waals surface area contributed by atoms with Gasteiger partial charge < -0.3 is 15.0 Å². The largest absolute Gasteiger partial charge is 0.468 e. The lowest BCUT2D eigenvalue weighted by Gasteiger charge is -2.38. The second kappa shape index (κ2) is 6.18. The van der Waals surface area contributed by atoms with Gasteiger partial charge in [-0.15, -0.1) is 0 Å². The van der Waals surface area contributed by atoms with Crippen LogP contribution in [0.4, 0.5) is 0 Å². The van der Waals surface area contributed by atoms with Crippen LogP contribution in [-0.2, 0) is 9.53 Å². The average molecular weight is 229 g/mol. The minimum atomic E-state index is -0.231. The molecule has 1 saturated heterocycles. The van der Waals surface area contributed by atoms with Crippen LogP contribution in [0.3, 0.4) is 0 Å². The van der Waals surface area contributed by atoms with Gasteiger partial charge >= 0.3 is 5.97 Å². The molecule has 1 heterocycles. The van der Waals surface area contributed by atoms with Crippen molar-refractivity contribution in [3.8, 4) is 0 Å². The van der Waals surface area contributed by atoms with Crippen LogP contribution >= 0.6 is 0 Å². The maximum atomic E-state index is 11.2. The van der Waals surface area contributed by atoms with Crippen molar-refractivity contribution >= 4 is 5.97 Å². The minimum absolute atomic E-state index is 0.202. The number of rotatable bonds is 4. The van der Waals surface area contributed by atoms with E-state index in [-0.39, 0.29) is 12.0 Å². The van der Waals surface area contributed by atoms with Crippen LogP contribution in [0, 0.1) is 0 Å². The molecule has 0 aliphatic carbocycles. The molecule has 5 nitrogen and oxygen atoms in total. The topological polar surface area (TPSA) is 44.8 Å². The Kier molecular flexibility index (Phi) is 5.18. The number of ether oxygens (including phenoxy) is 1. The third-order valence-corrected chi connectivity index (χ3v) is 3.19. The molecule has 0 aromatic heterocycles. The molecule has 1 aliphatic rings. The highest BCUT2D eigenvalue weighted by molar-refractivity contribution is 5.75. The number of nitrogens with zero attached hydrogens (tertiary/aromatic N) is 2. The summed E-state index contributed by atoms with van der Waals surface area (Å²) in [5.41, 5.74) is 0. The summed E-state index contributed by atoms with van der Waals surface area (Å²) >= 11 is 0. The lowest BCUT2D eigenvalue weighted by atomic mass is 10.1. The highest BCUT2D eigenvalue weighted by Gasteiger charge is 2.23. The maximum absolute atomic E-state index is 11.2. The number of likely N-dealkylation sites (N-methyl/N-ethyl adjacent to an activating group) is 2. The fourth-order valence-electron chi connectivity index (χ4n) is 1.89. The van der Waals surface area contributed by atoms with Crippen molar-refractivity contribution in [3.05, 3.63) is 0 Å². The number of esters is 1. The molecule has 1 fully saturated rings. The third kappa shape index (κ3) is 3.73. The molecular weight excluding hydrogens is 206 g/mol. The van der Waals surface area contributed by atoms with E-state index in [0.717, 1.165) is 26.2 Å². The van der Waals surface area contributed by atoms with Crippen molar-refractivity contribution in [2.75, 3.05) is 47.4 Å². The predicted octanol–water partition coefficient (Wildman–Crippen LogP) is -0.617. The Morgan fingerprint density at radius 2 is 2.19 bits per heavy atom. The number of nitrogens with one attached hydrogen (secondary N) is 1. The van der Waals surface area contributed by atoms with Gasteiger partial charge in [0.05, 0.1) is 7.11 Å². The molecule has 1 aliphatic heterocycles. The zero-order chi connectivity index (χ0) is 12.1. The molecule has 0 aromatic carbocycles. The molecule has 0 amide bonds. The first kappa shape index (κ1) is 13.4. The number of hydrogen-bond acceptors (Lipinski definition) is 5. The molecule has 0 radical (unpaired) electrons. The van der Waals surface area contributed by atoms with E-state index in [2.05, 4.69) is 33.9 Å². The van der Waals surface area contributed by atoms with E-state index in [4.69, 9.17) is 0 Å². The monoisotopic (exact) mass is 229 g/mol. The molecule has 0 bridgehead atoms. The molecule has 2 atom stereocenters. The molecule has 94 valence electrons. The minimum Gasteiger partial charge on any atom is -0.468 e. The molecule has 2 unspecified atom stereocenters. The van der Waals surface area contributed by atoms with Gasteiger partial charge in [-0.1, -0.05) is 0 Å². The summed E-state index contributed by atoms with van der Waals surface area (Å²) in [6, 6.07) is 0.233. The fourth-order valence-corrected chi connectivity index (χ4v) is 1.89. The van der Waals surface area contributed by atoms with Crippen LogP contribution in [0.15, 0.2) is 0 Å². The molecular formula is C11H23N3O2. The van der Waals surface area contributed by atoms with Crippen molar-refractivity contribution in [1.82, 2.24) is 15.1 Å². The summed E-state index contributed by atoms with van der Waals surface area (Å²) in [5.74, 6) is -0.202. The smallest absolute Gasteiger partial charge is 0.322 e. The van der Waals surface area contributed by atoms with E-state index in [9.17, 15) is 4.79 Å². The van der Waals surface area contributed by atoms with Crippen molar-refractivity contribution in [1.29, 1.82) is 0 Å². The van der Waals surface area contributed by atoms with Gasteiger partial charge in [-0.2, -0.15) is 0 Å². The van der Waals surface area contributed by atoms with E-state index < -0.39 is 0 Å². The van der Waals surface area contributed by atoms with Crippen LogP contribution in [0.5, 0.6) is 0 Å². The number of hydrogen-bond donors (Lipinski definition) is 1. The SMILES string of the molecule is COC(=O)C(C)NCC1CN(C)CCN1C. The van der Waals surface area contributed by atoms with E-state index in [1.807, 2.05) is 6.92 Å². The molecule has 1 N–H and O–H groups in total. The second-order valence-corrected chi connectivity index (χ2v) is 4.55. The molecule has 1 rings (SSSR count). The zero-order valence-corrected chi connectivity index (χ0v) is 10.7. The van der Waals surface area contributed by atoms with Crippen LogP contribution < -0.4 is 5.32 Å². The Labute approximate surface area is 97.7 Å². The van der Waals surface area contributed by atoms with Crippen LogP contribution in [-0.4, -0.2) is 75.2 Å². The summed E-state index contributed by atoms with van der Waals surface area (Å²) in [7, 11) is 5.67. The Bertz CT molecular complexity index is 235. The first-order valence-corrected chi connectivity index (χ1v) is 5.74. The van der Waals surface area contributed by atoms with Gasteiger partial charge in [-0.3, -0.25) is 9.69 Å². The normalized spacial score (nSPS) is 25.4. The lowest BCUT2D eigenvalue weighted by molar-refractivity contribution is -0.142. The Hall–Kier alpha value is -0.650. The quantitative estimate of drug-likeness (QED) is 0.651. The standard InChI is InChI=1S/C11H23N3O2/c1-9(11(15)16-4)12-7-10-8-13(2)5-6-14(10)3/h9-10,12H,5-8H2,1-4H3. The van der Waals surface area contributed by atoms with Gasteiger partial charge in [-0.05, 0) is 21.0 Å². The van der Waals surface area contributed by atoms with Gasteiger partial charge in [-0.25, -0.2) is 0 Å². The van der Waals surface area contributed by atoms with Crippen LogP contribution in [0.1, 0.15) is 6.92 Å². The average Bonchev–Trinajstić information content (AvgIpc) is 2.28. The van der Waals surface area contributed by atoms with E-state index in [1.165, 1.54) is 7.11 Å². The van der Waals surface area contributed by atoms with Crippen molar-refractivity contribution in [2.45, 2.75) is 19.0 Å².